The Morgan fingerprint density at radius 1 is 1.11 bits per heavy atom. The van der Waals surface area contributed by atoms with E-state index in [1.165, 1.54) is 74.2 Å². The van der Waals surface area contributed by atoms with Gasteiger partial charge in [-0.1, -0.05) is 37.5 Å². The zero-order valence-electron chi connectivity index (χ0n) is 21.3. The lowest BCUT2D eigenvalue weighted by Gasteiger charge is -2.36. The molecule has 0 amide bonds. The molecule has 2 unspecified atom stereocenters. The second kappa shape index (κ2) is 12.7. The highest BCUT2D eigenvalue weighted by Gasteiger charge is 2.30. The Morgan fingerprint density at radius 3 is 2.59 bits per heavy atom. The number of benzene rings is 2. The molecule has 5 rings (SSSR count). The minimum Gasteiger partial charge on any atom is -0.508 e. The Bertz CT molecular complexity index is 1240. The summed E-state index contributed by atoms with van der Waals surface area (Å²) in [7, 11) is -2.42. The maximum Gasteiger partial charge on any atom is 0.243 e. The van der Waals surface area contributed by atoms with Gasteiger partial charge in [-0.15, -0.1) is 0 Å². The molecule has 2 aromatic carbocycles. The van der Waals surface area contributed by atoms with Gasteiger partial charge in [0.2, 0.25) is 10.0 Å². The molecular weight excluding hydrogens is 491 g/mol. The predicted molar refractivity (Wildman–Crippen MR) is 142 cm³/mol. The summed E-state index contributed by atoms with van der Waals surface area (Å²) in [4.78, 5) is 7.12. The number of aromatic nitrogens is 2. The van der Waals surface area contributed by atoms with Crippen molar-refractivity contribution in [3.05, 3.63) is 77.6 Å². The predicted octanol–water partition coefficient (Wildman–Crippen LogP) is 4.66. The average molecular weight is 529 g/mol. The topological polar surface area (TPSA) is 107 Å². The van der Waals surface area contributed by atoms with Gasteiger partial charge in [-0.05, 0) is 87.0 Å². The van der Waals surface area contributed by atoms with Crippen molar-refractivity contribution in [1.82, 2.24) is 20.0 Å². The maximum absolute atomic E-state index is 12.9. The first kappa shape index (κ1) is 27.3. The highest BCUT2D eigenvalue weighted by Crippen LogP contribution is 2.36. The number of hydrogen-bond donors (Lipinski definition) is 4. The van der Waals surface area contributed by atoms with Crippen LogP contribution in [0.4, 0.5) is 4.39 Å². The van der Waals surface area contributed by atoms with Crippen molar-refractivity contribution < 1.29 is 17.9 Å². The van der Waals surface area contributed by atoms with Gasteiger partial charge in [0.1, 0.15) is 16.5 Å². The minimum atomic E-state index is -3.65. The van der Waals surface area contributed by atoms with Gasteiger partial charge in [0.25, 0.3) is 0 Å². The van der Waals surface area contributed by atoms with Crippen LogP contribution >= 0.6 is 0 Å². The first-order valence-electron chi connectivity index (χ1n) is 13.1. The number of phenolic OH excluding ortho intramolecular Hbond substituents is 1. The van der Waals surface area contributed by atoms with Crippen molar-refractivity contribution in [2.75, 3.05) is 13.6 Å². The van der Waals surface area contributed by atoms with Crippen molar-refractivity contribution in [1.29, 1.82) is 0 Å². The molecule has 37 heavy (non-hydrogen) atoms. The number of aryl methyl sites for hydroxylation is 1. The lowest BCUT2D eigenvalue weighted by Crippen LogP contribution is -2.41. The van der Waals surface area contributed by atoms with Gasteiger partial charge < -0.3 is 15.4 Å². The molecule has 2 atom stereocenters. The number of fused-ring (bicyclic) bond motifs is 1. The summed E-state index contributed by atoms with van der Waals surface area (Å²) >= 11 is 0. The fourth-order valence-electron chi connectivity index (χ4n) is 5.51. The standard InChI is InChI=1S/C21H29N3O.C7H8FNO2S/c25-18-7-8-19-16(10-18)6-9-21(20(19)11-17-13-22-14-24-17)23-12-15-4-2-1-3-5-15;1-9-12(10,11)7-5-3-2-4-6(7)8/h7-8,10,13-15,20-21,23,25H,1-6,9,11-12H2,(H,22,24);2-5,9H,1H3. The fraction of sp³-hybridized carbons (Fsp3) is 0.464. The summed E-state index contributed by atoms with van der Waals surface area (Å²) in [6, 6.07) is 11.6. The van der Waals surface area contributed by atoms with Crippen LogP contribution in [0.3, 0.4) is 0 Å². The van der Waals surface area contributed by atoms with E-state index in [1.807, 2.05) is 23.1 Å². The third-order valence-electron chi connectivity index (χ3n) is 7.52. The van der Waals surface area contributed by atoms with E-state index < -0.39 is 15.8 Å². The number of imidazole rings is 1. The van der Waals surface area contributed by atoms with E-state index in [2.05, 4.69) is 21.4 Å². The van der Waals surface area contributed by atoms with Crippen molar-refractivity contribution in [2.45, 2.75) is 68.2 Å². The molecule has 0 bridgehead atoms. The van der Waals surface area contributed by atoms with Crippen LogP contribution in [0, 0.1) is 11.7 Å². The molecule has 1 fully saturated rings. The molecule has 9 heteroatoms. The Balaban J connectivity index is 0.000000225. The van der Waals surface area contributed by atoms with Gasteiger partial charge >= 0.3 is 0 Å². The van der Waals surface area contributed by atoms with Crippen molar-refractivity contribution >= 4 is 10.0 Å². The largest absolute Gasteiger partial charge is 0.508 e. The van der Waals surface area contributed by atoms with Crippen LogP contribution in [0.15, 0.2) is 59.9 Å². The number of hydrogen-bond acceptors (Lipinski definition) is 5. The van der Waals surface area contributed by atoms with E-state index in [0.717, 1.165) is 37.8 Å². The number of sulfonamides is 1. The fourth-order valence-corrected chi connectivity index (χ4v) is 6.31. The lowest BCUT2D eigenvalue weighted by molar-refractivity contribution is 0.300. The van der Waals surface area contributed by atoms with Crippen LogP contribution in [0.1, 0.15) is 61.3 Å². The van der Waals surface area contributed by atoms with Crippen LogP contribution in [0.2, 0.25) is 0 Å². The van der Waals surface area contributed by atoms with Crippen LogP contribution in [0.25, 0.3) is 0 Å². The molecule has 0 saturated heterocycles. The maximum atomic E-state index is 12.9. The third-order valence-corrected chi connectivity index (χ3v) is 8.97. The molecule has 7 nitrogen and oxygen atoms in total. The highest BCUT2D eigenvalue weighted by atomic mass is 32.2. The average Bonchev–Trinajstić information content (AvgIpc) is 3.42. The molecule has 1 heterocycles. The molecule has 3 aromatic rings. The van der Waals surface area contributed by atoms with Gasteiger partial charge in [-0.25, -0.2) is 22.5 Å². The normalized spacial score (nSPS) is 20.1. The number of nitrogens with one attached hydrogen (secondary N) is 3. The highest BCUT2D eigenvalue weighted by molar-refractivity contribution is 7.89. The number of phenols is 1. The van der Waals surface area contributed by atoms with Crippen LogP contribution in [0.5, 0.6) is 5.75 Å². The molecule has 4 N–H and O–H groups in total. The van der Waals surface area contributed by atoms with Gasteiger partial charge in [0.05, 0.1) is 6.33 Å². The van der Waals surface area contributed by atoms with E-state index in [-0.39, 0.29) is 4.90 Å². The van der Waals surface area contributed by atoms with Crippen LogP contribution in [-0.4, -0.2) is 43.1 Å². The quantitative estimate of drug-likeness (QED) is 0.357. The van der Waals surface area contributed by atoms with Gasteiger partial charge in [0.15, 0.2) is 0 Å². The summed E-state index contributed by atoms with van der Waals surface area (Å²) in [6.45, 7) is 1.15. The SMILES string of the molecule is CNS(=O)(=O)c1ccccc1F.Oc1ccc2c(c1)CCC(NCC1CCCCC1)C2Cc1cnc[nH]1. The number of rotatable bonds is 7. The van der Waals surface area contributed by atoms with Crippen LogP contribution in [-0.2, 0) is 22.9 Å². The molecular formula is C28H37FN4O3S. The Kier molecular flexibility index (Phi) is 9.34. The number of aromatic amines is 1. The molecule has 0 radical (unpaired) electrons. The zero-order valence-corrected chi connectivity index (χ0v) is 22.1. The first-order valence-corrected chi connectivity index (χ1v) is 14.6. The molecule has 0 aliphatic heterocycles. The van der Waals surface area contributed by atoms with E-state index in [9.17, 15) is 17.9 Å². The Morgan fingerprint density at radius 2 is 1.89 bits per heavy atom. The van der Waals surface area contributed by atoms with Gasteiger partial charge in [0, 0.05) is 23.9 Å². The van der Waals surface area contributed by atoms with Gasteiger partial charge in [-0.3, -0.25) is 0 Å². The summed E-state index contributed by atoms with van der Waals surface area (Å²) in [6.07, 6.45) is 13.8. The van der Waals surface area contributed by atoms with E-state index in [1.54, 1.807) is 6.33 Å². The summed E-state index contributed by atoms with van der Waals surface area (Å²) in [5.41, 5.74) is 3.88. The zero-order chi connectivity index (χ0) is 26.3. The van der Waals surface area contributed by atoms with Gasteiger partial charge in [-0.2, -0.15) is 0 Å². The third kappa shape index (κ3) is 7.18. The van der Waals surface area contributed by atoms with E-state index in [4.69, 9.17) is 0 Å². The monoisotopic (exact) mass is 528 g/mol. The lowest BCUT2D eigenvalue weighted by atomic mass is 9.76. The first-order chi connectivity index (χ1) is 17.9. The molecule has 0 spiro atoms. The molecule has 1 saturated carbocycles. The smallest absolute Gasteiger partial charge is 0.243 e. The second-order valence-electron chi connectivity index (χ2n) is 9.97. The van der Waals surface area contributed by atoms with Crippen molar-refractivity contribution in [3.8, 4) is 5.75 Å². The molecule has 1 aromatic heterocycles. The minimum absolute atomic E-state index is 0.326. The molecule has 200 valence electrons. The Hall–Kier alpha value is -2.75. The Labute approximate surface area is 219 Å². The molecule has 2 aliphatic rings. The van der Waals surface area contributed by atoms with E-state index >= 15 is 0 Å². The number of H-pyrrole nitrogens is 1. The van der Waals surface area contributed by atoms with E-state index in [0.29, 0.717) is 17.7 Å². The summed E-state index contributed by atoms with van der Waals surface area (Å²) in [5, 5.41) is 13.8. The second-order valence-corrected chi connectivity index (χ2v) is 11.8. The number of aromatic hydroxyl groups is 1. The van der Waals surface area contributed by atoms with Crippen molar-refractivity contribution in [3.63, 3.8) is 0 Å². The number of nitrogens with zero attached hydrogens (tertiary/aromatic N) is 1. The summed E-state index contributed by atoms with van der Waals surface area (Å²) in [5.74, 6) is 0.927. The number of halogens is 1. The van der Waals surface area contributed by atoms with Crippen molar-refractivity contribution in [2.24, 2.45) is 5.92 Å². The summed E-state index contributed by atoms with van der Waals surface area (Å²) < 4.78 is 37.0. The molecule has 2 aliphatic carbocycles. The van der Waals surface area contributed by atoms with Crippen LogP contribution < -0.4 is 10.0 Å².